The van der Waals surface area contributed by atoms with Crippen LogP contribution in [0.1, 0.15) is 24.8 Å². The summed E-state index contributed by atoms with van der Waals surface area (Å²) in [5, 5.41) is 9.56. The molecule has 6 heteroatoms. The summed E-state index contributed by atoms with van der Waals surface area (Å²) in [7, 11) is 0. The largest absolute Gasteiger partial charge is 0.390 e. The quantitative estimate of drug-likeness (QED) is 0.705. The fourth-order valence-corrected chi connectivity index (χ4v) is 3.04. The van der Waals surface area contributed by atoms with Crippen LogP contribution in [0.5, 0.6) is 0 Å². The lowest BCUT2D eigenvalue weighted by Gasteiger charge is -2.37. The Morgan fingerprint density at radius 2 is 1.76 bits per heavy atom. The number of hydrogen-bond acceptors (Lipinski definition) is 2. The van der Waals surface area contributed by atoms with Gasteiger partial charge in [-0.05, 0) is 66.2 Å². The minimum absolute atomic E-state index is 0.0255. The van der Waals surface area contributed by atoms with Crippen molar-refractivity contribution in [1.29, 1.82) is 5.26 Å². The molecular weight excluding hydrogens is 392 g/mol. The summed E-state index contributed by atoms with van der Waals surface area (Å²) < 4.78 is 37.9. The molecule has 1 fully saturated rings. The average molecular weight is 408 g/mol. The highest BCUT2D eigenvalue weighted by molar-refractivity contribution is 14.1. The molecular formula is C15H16F3IN2. The Kier molecular flexibility index (Phi) is 5.15. The number of halogens is 4. The highest BCUT2D eigenvalue weighted by atomic mass is 127. The molecule has 2 rings (SSSR count). The van der Waals surface area contributed by atoms with E-state index in [-0.39, 0.29) is 6.54 Å². The van der Waals surface area contributed by atoms with Gasteiger partial charge in [-0.2, -0.15) is 18.4 Å². The molecule has 0 aliphatic carbocycles. The number of hydrogen-bond donors (Lipinski definition) is 0. The maximum atomic E-state index is 12.3. The molecule has 0 amide bonds. The van der Waals surface area contributed by atoms with E-state index in [0.717, 1.165) is 9.13 Å². The summed E-state index contributed by atoms with van der Waals surface area (Å²) in [5.74, 6) is 0. The number of rotatable bonds is 3. The van der Waals surface area contributed by atoms with Gasteiger partial charge in [0.15, 0.2) is 0 Å². The maximum Gasteiger partial charge on any atom is 0.390 e. The van der Waals surface area contributed by atoms with Gasteiger partial charge in [0.2, 0.25) is 0 Å². The molecule has 1 aliphatic heterocycles. The third-order valence-corrected chi connectivity index (χ3v) is 4.75. The van der Waals surface area contributed by atoms with Crippen LogP contribution in [0.3, 0.4) is 0 Å². The van der Waals surface area contributed by atoms with Crippen molar-refractivity contribution in [2.24, 2.45) is 0 Å². The molecule has 0 spiro atoms. The van der Waals surface area contributed by atoms with E-state index in [4.69, 9.17) is 0 Å². The lowest BCUT2D eigenvalue weighted by atomic mass is 9.74. The predicted molar refractivity (Wildman–Crippen MR) is 82.8 cm³/mol. The molecule has 2 nitrogen and oxygen atoms in total. The zero-order valence-corrected chi connectivity index (χ0v) is 13.6. The van der Waals surface area contributed by atoms with Crippen LogP contribution in [-0.4, -0.2) is 30.7 Å². The number of piperidine rings is 1. The van der Waals surface area contributed by atoms with Crippen LogP contribution < -0.4 is 0 Å². The molecule has 1 saturated heterocycles. The van der Waals surface area contributed by atoms with Gasteiger partial charge in [0.25, 0.3) is 0 Å². The van der Waals surface area contributed by atoms with Crippen molar-refractivity contribution in [2.75, 3.05) is 19.6 Å². The van der Waals surface area contributed by atoms with Crippen molar-refractivity contribution in [3.8, 4) is 6.07 Å². The van der Waals surface area contributed by atoms with Crippen molar-refractivity contribution >= 4 is 22.6 Å². The van der Waals surface area contributed by atoms with Gasteiger partial charge in [-0.25, -0.2) is 0 Å². The fraction of sp³-hybridized carbons (Fsp3) is 0.533. The third-order valence-electron chi connectivity index (χ3n) is 4.03. The molecule has 0 unspecified atom stereocenters. The highest BCUT2D eigenvalue weighted by Crippen LogP contribution is 2.35. The standard InChI is InChI=1S/C15H16F3IN2/c16-15(17,18)7-10-21-8-5-14(11-20,6-9-21)12-1-3-13(19)4-2-12/h1-4H,5-10H2. The summed E-state index contributed by atoms with van der Waals surface area (Å²) >= 11 is 2.21. The van der Waals surface area contributed by atoms with E-state index < -0.39 is 18.0 Å². The van der Waals surface area contributed by atoms with Crippen LogP contribution in [0.15, 0.2) is 24.3 Å². The summed E-state index contributed by atoms with van der Waals surface area (Å²) in [5.41, 5.74) is 0.417. The Morgan fingerprint density at radius 3 is 2.24 bits per heavy atom. The molecule has 0 bridgehead atoms. The SMILES string of the molecule is N#CC1(c2ccc(I)cc2)CCN(CCC(F)(F)F)CC1. The van der Waals surface area contributed by atoms with Crippen molar-refractivity contribution in [3.05, 3.63) is 33.4 Å². The smallest absolute Gasteiger partial charge is 0.303 e. The average Bonchev–Trinajstić information content (AvgIpc) is 2.46. The Bertz CT molecular complexity index is 511. The summed E-state index contributed by atoms with van der Waals surface area (Å²) in [6.07, 6.45) is -3.72. The van der Waals surface area contributed by atoms with Crippen LogP contribution in [0, 0.1) is 14.9 Å². The van der Waals surface area contributed by atoms with Gasteiger partial charge in [-0.3, -0.25) is 0 Å². The normalized spacial score (nSPS) is 19.2. The topological polar surface area (TPSA) is 27.0 Å². The van der Waals surface area contributed by atoms with Gasteiger partial charge in [-0.15, -0.1) is 0 Å². The van der Waals surface area contributed by atoms with E-state index in [0.29, 0.717) is 25.9 Å². The zero-order valence-electron chi connectivity index (χ0n) is 11.5. The van der Waals surface area contributed by atoms with Gasteiger partial charge in [0.1, 0.15) is 0 Å². The van der Waals surface area contributed by atoms with Gasteiger partial charge in [0.05, 0.1) is 17.9 Å². The van der Waals surface area contributed by atoms with Gasteiger partial charge in [0, 0.05) is 10.1 Å². The van der Waals surface area contributed by atoms with Gasteiger partial charge in [-0.1, -0.05) is 12.1 Å². The van der Waals surface area contributed by atoms with E-state index >= 15 is 0 Å². The Labute approximate surface area is 136 Å². The van der Waals surface area contributed by atoms with E-state index in [1.807, 2.05) is 24.3 Å². The number of likely N-dealkylation sites (tertiary alicyclic amines) is 1. The van der Waals surface area contributed by atoms with E-state index in [1.165, 1.54) is 0 Å². The number of benzene rings is 1. The Hall–Kier alpha value is -0.810. The van der Waals surface area contributed by atoms with Crippen LogP contribution in [-0.2, 0) is 5.41 Å². The van der Waals surface area contributed by atoms with Crippen molar-refractivity contribution < 1.29 is 13.2 Å². The second-order valence-corrected chi connectivity index (χ2v) is 6.65. The van der Waals surface area contributed by atoms with Gasteiger partial charge >= 0.3 is 6.18 Å². The second-order valence-electron chi connectivity index (χ2n) is 5.41. The van der Waals surface area contributed by atoms with Crippen LogP contribution in [0.25, 0.3) is 0 Å². The van der Waals surface area contributed by atoms with Crippen molar-refractivity contribution in [1.82, 2.24) is 4.90 Å². The van der Waals surface area contributed by atoms with E-state index in [9.17, 15) is 18.4 Å². The maximum absolute atomic E-state index is 12.3. The lowest BCUT2D eigenvalue weighted by Crippen LogP contribution is -2.43. The molecule has 0 saturated carbocycles. The first kappa shape index (κ1) is 16.6. The summed E-state index contributed by atoms with van der Waals surface area (Å²) in [6.45, 7) is 1.10. The summed E-state index contributed by atoms with van der Waals surface area (Å²) in [4.78, 5) is 1.80. The van der Waals surface area contributed by atoms with E-state index in [2.05, 4.69) is 28.7 Å². The minimum Gasteiger partial charge on any atom is -0.303 e. The second kappa shape index (κ2) is 6.53. The van der Waals surface area contributed by atoms with Crippen LogP contribution in [0.4, 0.5) is 13.2 Å². The molecule has 0 radical (unpaired) electrons. The Balaban J connectivity index is 2.00. The minimum atomic E-state index is -4.11. The first-order valence-electron chi connectivity index (χ1n) is 6.81. The Morgan fingerprint density at radius 1 is 1.19 bits per heavy atom. The van der Waals surface area contributed by atoms with Crippen molar-refractivity contribution in [3.63, 3.8) is 0 Å². The molecule has 21 heavy (non-hydrogen) atoms. The summed E-state index contributed by atoms with van der Waals surface area (Å²) in [6, 6.07) is 10.2. The molecule has 1 aliphatic rings. The zero-order chi connectivity index (χ0) is 15.5. The molecule has 0 atom stereocenters. The van der Waals surface area contributed by atoms with Crippen LogP contribution in [0.2, 0.25) is 0 Å². The highest BCUT2D eigenvalue weighted by Gasteiger charge is 2.37. The lowest BCUT2D eigenvalue weighted by molar-refractivity contribution is -0.138. The number of alkyl halides is 3. The number of nitrogens with zero attached hydrogens (tertiary/aromatic N) is 2. The monoisotopic (exact) mass is 408 g/mol. The number of nitriles is 1. The fourth-order valence-electron chi connectivity index (χ4n) is 2.68. The first-order chi connectivity index (χ1) is 9.85. The molecule has 114 valence electrons. The molecule has 1 heterocycles. The predicted octanol–water partition coefficient (Wildman–Crippen LogP) is 4.10. The molecule has 1 aromatic carbocycles. The first-order valence-corrected chi connectivity index (χ1v) is 7.89. The van der Waals surface area contributed by atoms with E-state index in [1.54, 1.807) is 4.90 Å². The van der Waals surface area contributed by atoms with Gasteiger partial charge < -0.3 is 4.90 Å². The molecule has 0 N–H and O–H groups in total. The molecule has 0 aromatic heterocycles. The van der Waals surface area contributed by atoms with Crippen LogP contribution >= 0.6 is 22.6 Å². The third kappa shape index (κ3) is 4.33. The molecule has 1 aromatic rings. The van der Waals surface area contributed by atoms with Crippen molar-refractivity contribution in [2.45, 2.75) is 30.9 Å².